The summed E-state index contributed by atoms with van der Waals surface area (Å²) in [7, 11) is 0. The first-order chi connectivity index (χ1) is 15.4. The summed E-state index contributed by atoms with van der Waals surface area (Å²) in [5.74, 6) is -2.82. The molecule has 6 heteroatoms. The second-order valence-corrected chi connectivity index (χ2v) is 9.83. The Morgan fingerprint density at radius 2 is 1.72 bits per heavy atom. The highest BCUT2D eigenvalue weighted by Gasteiger charge is 2.54. The van der Waals surface area contributed by atoms with Gasteiger partial charge in [0.05, 0.1) is 0 Å². The number of ether oxygens (including phenoxy) is 1. The minimum Gasteiger partial charge on any atom is -0.480 e. The summed E-state index contributed by atoms with van der Waals surface area (Å²) >= 11 is 3.64. The van der Waals surface area contributed by atoms with Gasteiger partial charge in [0.25, 0.3) is 0 Å². The molecule has 0 aliphatic heterocycles. The number of hydrogen-bond donors (Lipinski definition) is 2. The average Bonchev–Trinajstić information content (AvgIpc) is 3.11. The van der Waals surface area contributed by atoms with Crippen LogP contribution in [0.1, 0.15) is 29.9 Å². The molecule has 3 aliphatic carbocycles. The minimum absolute atomic E-state index is 0.0292. The van der Waals surface area contributed by atoms with E-state index < -0.39 is 23.4 Å². The SMILES string of the molecule is NC1(C(=O)O)CCC2C(=CC=CC2Br)C1C(=O)OCC1c2ccccc2-c2ccccc21. The summed E-state index contributed by atoms with van der Waals surface area (Å²) in [6.07, 6.45) is 6.51. The van der Waals surface area contributed by atoms with Crippen LogP contribution in [0, 0.1) is 11.8 Å². The van der Waals surface area contributed by atoms with Gasteiger partial charge >= 0.3 is 11.9 Å². The zero-order valence-corrected chi connectivity index (χ0v) is 19.0. The van der Waals surface area contributed by atoms with Crippen molar-refractivity contribution >= 4 is 27.9 Å². The van der Waals surface area contributed by atoms with E-state index >= 15 is 0 Å². The van der Waals surface area contributed by atoms with E-state index in [0.29, 0.717) is 6.42 Å². The van der Waals surface area contributed by atoms with E-state index in [1.165, 1.54) is 0 Å². The maximum Gasteiger partial charge on any atom is 0.324 e. The molecule has 2 aromatic carbocycles. The van der Waals surface area contributed by atoms with Gasteiger partial charge in [-0.2, -0.15) is 0 Å². The lowest BCUT2D eigenvalue weighted by Crippen LogP contribution is -2.61. The molecule has 32 heavy (non-hydrogen) atoms. The predicted octanol–water partition coefficient (Wildman–Crippen LogP) is 4.41. The zero-order valence-electron chi connectivity index (χ0n) is 17.4. The second-order valence-electron chi connectivity index (χ2n) is 8.78. The number of fused-ring (bicyclic) bond motifs is 4. The number of esters is 1. The van der Waals surface area contributed by atoms with Crippen molar-refractivity contribution in [2.45, 2.75) is 29.1 Å². The van der Waals surface area contributed by atoms with Gasteiger partial charge in [0.15, 0.2) is 0 Å². The molecule has 4 atom stereocenters. The van der Waals surface area contributed by atoms with E-state index in [-0.39, 0.29) is 29.7 Å². The van der Waals surface area contributed by atoms with Crippen LogP contribution in [0.15, 0.2) is 72.3 Å². The van der Waals surface area contributed by atoms with Crippen molar-refractivity contribution in [1.82, 2.24) is 0 Å². The van der Waals surface area contributed by atoms with Gasteiger partial charge in [0, 0.05) is 10.7 Å². The molecule has 1 fully saturated rings. The predicted molar refractivity (Wildman–Crippen MR) is 125 cm³/mol. The number of alkyl halides is 1. The van der Waals surface area contributed by atoms with Crippen LogP contribution in [-0.4, -0.2) is 34.0 Å². The van der Waals surface area contributed by atoms with E-state index in [4.69, 9.17) is 10.5 Å². The van der Waals surface area contributed by atoms with E-state index in [1.807, 2.05) is 42.5 Å². The fourth-order valence-electron chi connectivity index (χ4n) is 5.45. The van der Waals surface area contributed by atoms with Crippen molar-refractivity contribution < 1.29 is 19.4 Å². The van der Waals surface area contributed by atoms with Crippen molar-refractivity contribution in [1.29, 1.82) is 0 Å². The highest BCUT2D eigenvalue weighted by molar-refractivity contribution is 9.09. The van der Waals surface area contributed by atoms with Gasteiger partial charge < -0.3 is 15.6 Å². The Morgan fingerprint density at radius 1 is 1.09 bits per heavy atom. The number of benzene rings is 2. The molecule has 3 N–H and O–H groups in total. The fourth-order valence-corrected chi connectivity index (χ4v) is 6.20. The van der Waals surface area contributed by atoms with Crippen molar-refractivity contribution in [3.63, 3.8) is 0 Å². The van der Waals surface area contributed by atoms with Gasteiger partial charge in [0.1, 0.15) is 18.1 Å². The molecular formula is C26H24BrNO4. The number of allylic oxidation sites excluding steroid dienone is 3. The molecule has 0 heterocycles. The molecule has 0 radical (unpaired) electrons. The van der Waals surface area contributed by atoms with Crippen LogP contribution in [0.3, 0.4) is 0 Å². The molecule has 164 valence electrons. The van der Waals surface area contributed by atoms with Crippen LogP contribution in [0.25, 0.3) is 11.1 Å². The highest BCUT2D eigenvalue weighted by atomic mass is 79.9. The lowest BCUT2D eigenvalue weighted by molar-refractivity contribution is -0.159. The second kappa shape index (κ2) is 8.01. The molecule has 3 aliphatic rings. The number of carbonyl (C=O) groups excluding carboxylic acids is 1. The van der Waals surface area contributed by atoms with E-state index in [9.17, 15) is 14.7 Å². The monoisotopic (exact) mass is 493 g/mol. The minimum atomic E-state index is -1.68. The third-order valence-electron chi connectivity index (χ3n) is 7.10. The summed E-state index contributed by atoms with van der Waals surface area (Å²) in [5.41, 5.74) is 9.92. The van der Waals surface area contributed by atoms with Gasteiger partial charge in [-0.1, -0.05) is 82.7 Å². The van der Waals surface area contributed by atoms with Gasteiger partial charge in [-0.3, -0.25) is 9.59 Å². The molecule has 0 aromatic heterocycles. The third kappa shape index (κ3) is 3.24. The average molecular weight is 494 g/mol. The standard InChI is InChI=1S/C26H24BrNO4/c27-22-11-5-10-20-19(22)12-13-26(28,25(30)31)23(20)24(29)32-14-21-17-8-3-1-6-15(17)16-7-2-4-9-18(16)21/h1-11,19,21-23H,12-14,28H2,(H,30,31). The number of aliphatic carboxylic acids is 1. The fraction of sp³-hybridized carbons (Fsp3) is 0.308. The van der Waals surface area contributed by atoms with Gasteiger partial charge in [-0.25, -0.2) is 0 Å². The Balaban J connectivity index is 1.44. The van der Waals surface area contributed by atoms with Gasteiger partial charge in [0.2, 0.25) is 0 Å². The number of halogens is 1. The number of carbonyl (C=O) groups is 2. The van der Waals surface area contributed by atoms with Crippen molar-refractivity contribution in [3.05, 3.63) is 83.5 Å². The lowest BCUT2D eigenvalue weighted by atomic mass is 9.64. The first-order valence-electron chi connectivity index (χ1n) is 10.8. The maximum absolute atomic E-state index is 13.4. The molecule has 0 spiro atoms. The van der Waals surface area contributed by atoms with Crippen LogP contribution in [0.5, 0.6) is 0 Å². The molecule has 1 saturated carbocycles. The lowest BCUT2D eigenvalue weighted by Gasteiger charge is -2.43. The summed E-state index contributed by atoms with van der Waals surface area (Å²) < 4.78 is 5.85. The highest BCUT2D eigenvalue weighted by Crippen LogP contribution is 2.47. The van der Waals surface area contributed by atoms with Crippen molar-refractivity contribution in [3.8, 4) is 11.1 Å². The molecule has 5 nitrogen and oxygen atoms in total. The zero-order chi connectivity index (χ0) is 22.5. The smallest absolute Gasteiger partial charge is 0.324 e. The molecule has 0 saturated heterocycles. The molecular weight excluding hydrogens is 470 g/mol. The van der Waals surface area contributed by atoms with Crippen LogP contribution in [0.4, 0.5) is 0 Å². The van der Waals surface area contributed by atoms with E-state index in [1.54, 1.807) is 0 Å². The van der Waals surface area contributed by atoms with Crippen LogP contribution in [-0.2, 0) is 14.3 Å². The largest absolute Gasteiger partial charge is 0.480 e. The number of carboxylic acid groups (broad SMARTS) is 1. The van der Waals surface area contributed by atoms with Crippen molar-refractivity contribution in [2.24, 2.45) is 17.6 Å². The van der Waals surface area contributed by atoms with Crippen LogP contribution < -0.4 is 5.73 Å². The number of nitrogens with two attached hydrogens (primary N) is 1. The van der Waals surface area contributed by atoms with Crippen LogP contribution in [0.2, 0.25) is 0 Å². The Labute approximate surface area is 195 Å². The van der Waals surface area contributed by atoms with Crippen molar-refractivity contribution in [2.75, 3.05) is 6.61 Å². The Kier molecular flexibility index (Phi) is 5.30. The Morgan fingerprint density at radius 3 is 2.34 bits per heavy atom. The first kappa shape index (κ1) is 21.2. The molecule has 4 unspecified atom stereocenters. The van der Waals surface area contributed by atoms with E-state index in [0.717, 1.165) is 27.8 Å². The molecule has 0 bridgehead atoms. The summed E-state index contributed by atoms with van der Waals surface area (Å²) in [5, 5.41) is 9.92. The third-order valence-corrected chi connectivity index (χ3v) is 8.05. The Hall–Kier alpha value is -2.70. The summed E-state index contributed by atoms with van der Waals surface area (Å²) in [6.45, 7) is 0.143. The van der Waals surface area contributed by atoms with E-state index in [2.05, 4.69) is 40.2 Å². The van der Waals surface area contributed by atoms with Gasteiger partial charge in [-0.05, 0) is 46.6 Å². The topological polar surface area (TPSA) is 89.6 Å². The van der Waals surface area contributed by atoms with Crippen LogP contribution >= 0.6 is 15.9 Å². The maximum atomic E-state index is 13.4. The summed E-state index contributed by atoms with van der Waals surface area (Å²) in [6, 6.07) is 16.2. The summed E-state index contributed by atoms with van der Waals surface area (Å²) in [4.78, 5) is 25.6. The van der Waals surface area contributed by atoms with Gasteiger partial charge in [-0.15, -0.1) is 0 Å². The normalized spacial score (nSPS) is 28.3. The number of rotatable bonds is 4. The number of hydrogen-bond acceptors (Lipinski definition) is 4. The quantitative estimate of drug-likeness (QED) is 0.486. The number of carboxylic acids is 1. The molecule has 5 rings (SSSR count). The molecule has 0 amide bonds. The molecule has 2 aromatic rings. The first-order valence-corrected chi connectivity index (χ1v) is 11.7. The Bertz CT molecular complexity index is 1110.